The number of carbonyl (C=O) groups is 3. The number of hydrogen-bond acceptors (Lipinski definition) is 4. The SMILES string of the molecule is Nc1ccccc1C(=O)N1CCC(C(=O)O)C(C(=O)O)C1. The Morgan fingerprint density at radius 2 is 1.71 bits per heavy atom. The summed E-state index contributed by atoms with van der Waals surface area (Å²) in [5.74, 6) is -4.80. The lowest BCUT2D eigenvalue weighted by Crippen LogP contribution is -2.48. The molecule has 7 heteroatoms. The zero-order valence-corrected chi connectivity index (χ0v) is 11.2. The van der Waals surface area contributed by atoms with Crippen LogP contribution >= 0.6 is 0 Å². The van der Waals surface area contributed by atoms with Crippen LogP contribution in [0, 0.1) is 11.8 Å². The smallest absolute Gasteiger partial charge is 0.309 e. The summed E-state index contributed by atoms with van der Waals surface area (Å²) in [7, 11) is 0. The number of nitrogens with zero attached hydrogens (tertiary/aromatic N) is 1. The van der Waals surface area contributed by atoms with Crippen LogP contribution in [0.4, 0.5) is 5.69 Å². The molecule has 0 bridgehead atoms. The molecular weight excluding hydrogens is 276 g/mol. The van der Waals surface area contributed by atoms with E-state index in [4.69, 9.17) is 15.9 Å². The molecule has 0 aliphatic carbocycles. The second-order valence-corrected chi connectivity index (χ2v) is 5.02. The molecule has 2 atom stereocenters. The van der Waals surface area contributed by atoms with E-state index in [0.29, 0.717) is 11.3 Å². The lowest BCUT2D eigenvalue weighted by Gasteiger charge is -2.34. The molecule has 21 heavy (non-hydrogen) atoms. The first-order valence-corrected chi connectivity index (χ1v) is 6.51. The van der Waals surface area contributed by atoms with Crippen LogP contribution in [0.2, 0.25) is 0 Å². The molecular formula is C14H16N2O5. The van der Waals surface area contributed by atoms with E-state index in [-0.39, 0.29) is 25.4 Å². The van der Waals surface area contributed by atoms with Crippen molar-refractivity contribution < 1.29 is 24.6 Å². The van der Waals surface area contributed by atoms with Gasteiger partial charge in [0.05, 0.1) is 17.4 Å². The van der Waals surface area contributed by atoms with Gasteiger partial charge in [0, 0.05) is 18.8 Å². The highest BCUT2D eigenvalue weighted by Gasteiger charge is 2.40. The number of rotatable bonds is 3. The molecule has 1 aliphatic rings. The van der Waals surface area contributed by atoms with Crippen molar-refractivity contribution in [3.05, 3.63) is 29.8 Å². The molecule has 0 saturated carbocycles. The molecule has 1 saturated heterocycles. The molecule has 112 valence electrons. The summed E-state index contributed by atoms with van der Waals surface area (Å²) < 4.78 is 0. The van der Waals surface area contributed by atoms with Gasteiger partial charge in [0.15, 0.2) is 0 Å². The predicted molar refractivity (Wildman–Crippen MR) is 73.6 cm³/mol. The molecule has 1 amide bonds. The third-order valence-corrected chi connectivity index (χ3v) is 3.73. The largest absolute Gasteiger partial charge is 0.481 e. The Kier molecular flexibility index (Phi) is 4.11. The summed E-state index contributed by atoms with van der Waals surface area (Å²) in [4.78, 5) is 36.0. The standard InChI is InChI=1S/C14H16N2O5/c15-11-4-2-1-3-9(11)12(17)16-6-5-8(13(18)19)10(7-16)14(20)21/h1-4,8,10H,5-7,15H2,(H,18,19)(H,20,21). The van der Waals surface area contributed by atoms with E-state index in [1.807, 2.05) is 0 Å². The lowest BCUT2D eigenvalue weighted by atomic mass is 9.85. The van der Waals surface area contributed by atoms with Crippen molar-refractivity contribution in [3.8, 4) is 0 Å². The van der Waals surface area contributed by atoms with Gasteiger partial charge in [-0.2, -0.15) is 0 Å². The van der Waals surface area contributed by atoms with Gasteiger partial charge in [0.1, 0.15) is 0 Å². The Morgan fingerprint density at radius 3 is 2.29 bits per heavy atom. The van der Waals surface area contributed by atoms with Gasteiger partial charge in [-0.3, -0.25) is 14.4 Å². The Bertz CT molecular complexity index is 586. The first-order valence-electron chi connectivity index (χ1n) is 6.51. The summed E-state index contributed by atoms with van der Waals surface area (Å²) in [6.45, 7) is 0.0768. The monoisotopic (exact) mass is 292 g/mol. The van der Waals surface area contributed by atoms with Crippen LogP contribution in [-0.2, 0) is 9.59 Å². The third kappa shape index (κ3) is 2.96. The van der Waals surface area contributed by atoms with Gasteiger partial charge in [0.25, 0.3) is 5.91 Å². The molecule has 0 radical (unpaired) electrons. The summed E-state index contributed by atoms with van der Waals surface area (Å²) in [5.41, 5.74) is 6.36. The second-order valence-electron chi connectivity index (χ2n) is 5.02. The lowest BCUT2D eigenvalue weighted by molar-refractivity contribution is -0.156. The van der Waals surface area contributed by atoms with E-state index in [2.05, 4.69) is 0 Å². The number of likely N-dealkylation sites (tertiary alicyclic amines) is 1. The molecule has 1 fully saturated rings. The number of carboxylic acid groups (broad SMARTS) is 2. The molecule has 1 aromatic rings. The fraction of sp³-hybridized carbons (Fsp3) is 0.357. The maximum Gasteiger partial charge on any atom is 0.309 e. The van der Waals surface area contributed by atoms with Crippen LogP contribution in [0.5, 0.6) is 0 Å². The van der Waals surface area contributed by atoms with Crippen LogP contribution in [0.25, 0.3) is 0 Å². The average molecular weight is 292 g/mol. The number of benzene rings is 1. The van der Waals surface area contributed by atoms with Crippen molar-refractivity contribution in [1.29, 1.82) is 0 Å². The predicted octanol–water partition coefficient (Wildman–Crippen LogP) is 0.516. The average Bonchev–Trinajstić information content (AvgIpc) is 2.46. The van der Waals surface area contributed by atoms with Crippen molar-refractivity contribution in [2.45, 2.75) is 6.42 Å². The molecule has 7 nitrogen and oxygen atoms in total. The number of piperidine rings is 1. The molecule has 1 aliphatic heterocycles. The highest BCUT2D eigenvalue weighted by atomic mass is 16.4. The van der Waals surface area contributed by atoms with E-state index in [1.54, 1.807) is 24.3 Å². The van der Waals surface area contributed by atoms with Crippen LogP contribution in [0.1, 0.15) is 16.8 Å². The molecule has 1 aromatic carbocycles. The normalized spacial score (nSPS) is 21.8. The molecule has 0 aromatic heterocycles. The number of nitrogen functional groups attached to an aromatic ring is 1. The van der Waals surface area contributed by atoms with E-state index in [0.717, 1.165) is 0 Å². The minimum Gasteiger partial charge on any atom is -0.481 e. The Balaban J connectivity index is 2.20. The maximum absolute atomic E-state index is 12.4. The van der Waals surface area contributed by atoms with Crippen molar-refractivity contribution in [2.24, 2.45) is 11.8 Å². The van der Waals surface area contributed by atoms with E-state index >= 15 is 0 Å². The number of hydrogen-bond donors (Lipinski definition) is 3. The fourth-order valence-corrected chi connectivity index (χ4v) is 2.54. The van der Waals surface area contributed by atoms with Gasteiger partial charge < -0.3 is 20.8 Å². The zero-order chi connectivity index (χ0) is 15.6. The van der Waals surface area contributed by atoms with Crippen LogP contribution in [0.3, 0.4) is 0 Å². The Hall–Kier alpha value is -2.57. The minimum absolute atomic E-state index is 0.116. The van der Waals surface area contributed by atoms with Crippen LogP contribution in [0.15, 0.2) is 24.3 Å². The Labute approximate surface area is 121 Å². The Morgan fingerprint density at radius 1 is 1.10 bits per heavy atom. The molecule has 2 unspecified atom stereocenters. The van der Waals surface area contributed by atoms with E-state index < -0.39 is 23.8 Å². The topological polar surface area (TPSA) is 121 Å². The second kappa shape index (κ2) is 5.82. The van der Waals surface area contributed by atoms with Gasteiger partial charge in [-0.05, 0) is 18.6 Å². The first-order chi connectivity index (χ1) is 9.91. The van der Waals surface area contributed by atoms with E-state index in [9.17, 15) is 14.4 Å². The van der Waals surface area contributed by atoms with Gasteiger partial charge >= 0.3 is 11.9 Å². The zero-order valence-electron chi connectivity index (χ0n) is 11.2. The molecule has 4 N–H and O–H groups in total. The van der Waals surface area contributed by atoms with Gasteiger partial charge in [-0.25, -0.2) is 0 Å². The molecule has 0 spiro atoms. The van der Waals surface area contributed by atoms with Gasteiger partial charge in [0.2, 0.25) is 0 Å². The number of carbonyl (C=O) groups excluding carboxylic acids is 1. The summed E-state index contributed by atoms with van der Waals surface area (Å²) >= 11 is 0. The number of carboxylic acids is 2. The van der Waals surface area contributed by atoms with Gasteiger partial charge in [-0.15, -0.1) is 0 Å². The van der Waals surface area contributed by atoms with Crippen molar-refractivity contribution in [2.75, 3.05) is 18.8 Å². The van der Waals surface area contributed by atoms with Crippen molar-refractivity contribution >= 4 is 23.5 Å². The number of anilines is 1. The van der Waals surface area contributed by atoms with Crippen molar-refractivity contribution in [3.63, 3.8) is 0 Å². The number of aliphatic carboxylic acids is 2. The highest BCUT2D eigenvalue weighted by Crippen LogP contribution is 2.26. The fourth-order valence-electron chi connectivity index (χ4n) is 2.54. The number of para-hydroxylation sites is 1. The minimum atomic E-state index is -1.21. The highest BCUT2D eigenvalue weighted by molar-refractivity contribution is 5.99. The first kappa shape index (κ1) is 14.8. The molecule has 1 heterocycles. The van der Waals surface area contributed by atoms with Crippen LogP contribution in [-0.4, -0.2) is 46.0 Å². The van der Waals surface area contributed by atoms with E-state index in [1.165, 1.54) is 4.90 Å². The maximum atomic E-state index is 12.4. The van der Waals surface area contributed by atoms with Crippen molar-refractivity contribution in [1.82, 2.24) is 4.90 Å². The summed E-state index contributed by atoms with van der Waals surface area (Å²) in [6, 6.07) is 6.52. The third-order valence-electron chi connectivity index (χ3n) is 3.73. The number of nitrogens with two attached hydrogens (primary N) is 1. The number of amides is 1. The summed E-state index contributed by atoms with van der Waals surface area (Å²) in [6.07, 6.45) is 0.116. The molecule has 2 rings (SSSR count). The van der Waals surface area contributed by atoms with Crippen LogP contribution < -0.4 is 5.73 Å². The summed E-state index contributed by atoms with van der Waals surface area (Å²) in [5, 5.41) is 18.2. The quantitative estimate of drug-likeness (QED) is 0.698. The van der Waals surface area contributed by atoms with Gasteiger partial charge in [-0.1, -0.05) is 12.1 Å².